The Morgan fingerprint density at radius 3 is 1.21 bits per heavy atom. The van der Waals surface area contributed by atoms with Crippen LogP contribution in [-0.4, -0.2) is 20.7 Å². The number of benzene rings is 5. The van der Waals surface area contributed by atoms with Crippen molar-refractivity contribution in [2.75, 3.05) is 6.61 Å². The first kappa shape index (κ1) is 52.7. The molecule has 0 aromatic heterocycles. The van der Waals surface area contributed by atoms with Gasteiger partial charge in [0.2, 0.25) is 0 Å². The van der Waals surface area contributed by atoms with Crippen LogP contribution in [0.2, 0.25) is 0 Å². The second-order valence-corrected chi connectivity index (χ2v) is 24.9. The predicted octanol–water partition coefficient (Wildman–Crippen LogP) is 16.6. The molecule has 5 aromatic rings. The molecule has 2 N–H and O–H groups in total. The maximum absolute atomic E-state index is 11.4. The van der Waals surface area contributed by atoms with Crippen molar-refractivity contribution in [2.45, 2.75) is 146 Å². The van der Waals surface area contributed by atoms with Gasteiger partial charge < -0.3 is 29.0 Å². The Balaban J connectivity index is 0.000000210. The zero-order valence-corrected chi connectivity index (χ0v) is 45.7. The van der Waals surface area contributed by atoms with Crippen LogP contribution in [0.25, 0.3) is 33.4 Å². The van der Waals surface area contributed by atoms with Crippen molar-refractivity contribution < 1.29 is 34.3 Å². The minimum Gasteiger partial charge on any atom is -0.552 e. The Bertz CT molecular complexity index is 2380. The Kier molecular flexibility index (Phi) is 16.1. The van der Waals surface area contributed by atoms with E-state index in [1.165, 1.54) is 51.9 Å². The zero-order valence-electron chi connectivity index (χ0n) is 42.8. The molecule has 0 unspecified atom stereocenters. The van der Waals surface area contributed by atoms with E-state index >= 15 is 0 Å². The molecule has 1 spiro atoms. The molecule has 8 rings (SSSR count). The quantitative estimate of drug-likeness (QED) is 0.177. The summed E-state index contributed by atoms with van der Waals surface area (Å²) in [5.74, 6) is 0.663. The number of hydrogen-bond acceptors (Lipinski definition) is 3. The van der Waals surface area contributed by atoms with Crippen molar-refractivity contribution >= 4 is 3.90 Å². The molecule has 4 heteroatoms. The third-order valence-corrected chi connectivity index (χ3v) is 16.7. The van der Waals surface area contributed by atoms with E-state index in [2.05, 4.69) is 165 Å². The monoisotopic (exact) mass is 1050 g/mol. The Hall–Kier alpha value is -4.30. The van der Waals surface area contributed by atoms with E-state index in [-0.39, 0.29) is 21.7 Å². The van der Waals surface area contributed by atoms with Crippen molar-refractivity contribution in [3.05, 3.63) is 162 Å². The molecule has 1 saturated carbocycles. The molecule has 3 aliphatic rings. The molecule has 66 heavy (non-hydrogen) atoms. The number of fused-ring (bicyclic) bond motifs is 5. The number of rotatable bonds is 3. The number of aromatic hydroxyl groups is 2. The SMILES string of the molecule is CC(C)(C)C(C)(C)C.CC(C)(C)[C](=[W])c1c(-c2cccc(C(C)(C)C)c2O)cccc1-c1cccc(C(C)(C)C)c1O.[CH-]1CCCO1.[CH-]=C1CC2(CC1=[CH-])c1ccccc1-c1ccccc12. The van der Waals surface area contributed by atoms with Gasteiger partial charge in [0, 0.05) is 6.61 Å². The number of ether oxygens (including phenoxy) is 1. The van der Waals surface area contributed by atoms with Gasteiger partial charge in [0.1, 0.15) is 0 Å². The van der Waals surface area contributed by atoms with Crippen LogP contribution in [0.4, 0.5) is 0 Å². The molecule has 1 saturated heterocycles. The summed E-state index contributed by atoms with van der Waals surface area (Å²) in [7, 11) is 0. The third kappa shape index (κ3) is 11.5. The Morgan fingerprint density at radius 1 is 0.530 bits per heavy atom. The van der Waals surface area contributed by atoms with Gasteiger partial charge in [-0.15, -0.1) is 12.8 Å². The molecule has 0 atom stereocenters. The van der Waals surface area contributed by atoms with E-state index in [4.69, 9.17) is 17.9 Å². The van der Waals surface area contributed by atoms with Crippen LogP contribution in [0, 0.1) is 36.0 Å². The van der Waals surface area contributed by atoms with Gasteiger partial charge >= 0.3 is 217 Å². The number of para-hydroxylation sites is 2. The van der Waals surface area contributed by atoms with Gasteiger partial charge in [-0.3, -0.25) is 0 Å². The van der Waals surface area contributed by atoms with Gasteiger partial charge in [0.15, 0.2) is 0 Å². The molecule has 1 aliphatic heterocycles. The average Bonchev–Trinajstić information content (AvgIpc) is 3.97. The summed E-state index contributed by atoms with van der Waals surface area (Å²) in [6, 6.07) is 35.6. The van der Waals surface area contributed by atoms with Crippen LogP contribution in [0.5, 0.6) is 11.5 Å². The molecule has 5 aromatic carbocycles. The number of hydrogen-bond donors (Lipinski definition) is 2. The maximum Gasteiger partial charge on any atom is 0.00878 e. The molecule has 0 radical (unpaired) electrons. The van der Waals surface area contributed by atoms with Gasteiger partial charge in [-0.1, -0.05) is 96.5 Å². The van der Waals surface area contributed by atoms with Crippen LogP contribution in [0.15, 0.2) is 114 Å². The summed E-state index contributed by atoms with van der Waals surface area (Å²) in [6.07, 6.45) is 4.06. The van der Waals surface area contributed by atoms with Gasteiger partial charge in [-0.2, -0.15) is 6.42 Å². The summed E-state index contributed by atoms with van der Waals surface area (Å²) in [6.45, 7) is 48.0. The predicted molar refractivity (Wildman–Crippen MR) is 278 cm³/mol. The molecule has 0 amide bonds. The van der Waals surface area contributed by atoms with Crippen LogP contribution in [-0.2, 0) is 40.3 Å². The first-order valence-electron chi connectivity index (χ1n) is 23.7. The first-order valence-corrected chi connectivity index (χ1v) is 25.2. The molecule has 352 valence electrons. The average molecular weight is 1050 g/mol. The Labute approximate surface area is 411 Å². The fourth-order valence-electron chi connectivity index (χ4n) is 8.51. The second kappa shape index (κ2) is 20.1. The standard InChI is InChI=1S/C31H38O2.C19H14.C8H18.C4H7O.W/c1-29(2,3)19-24-20(22-15-11-17-25(27(22)32)30(4,5)6)13-10-14-21(24)23-16-12-18-26(28(23)33)31(7,8)9;1-13-11-19(12-14(13)2)17-9-5-3-7-15(17)16-8-4-6-10-18(16)19;1-7(2,3)8(4,5)6;1-2-4-5-3-1;/h10-18,32-33H,1-9H3;1-10H,11-12H2;1-6H3;3H,1-2,4H2;/q;-2;;-1;. The molecule has 2 aliphatic carbocycles. The number of phenols is 2. The summed E-state index contributed by atoms with van der Waals surface area (Å²) in [5.41, 5.74) is 14.2. The van der Waals surface area contributed by atoms with Crippen LogP contribution in [0.3, 0.4) is 0 Å². The van der Waals surface area contributed by atoms with Crippen LogP contribution in [0.1, 0.15) is 157 Å². The van der Waals surface area contributed by atoms with Gasteiger partial charge in [0.25, 0.3) is 0 Å². The fraction of sp³-hybridized carbons (Fsp3) is 0.419. The van der Waals surface area contributed by atoms with E-state index in [1.807, 2.05) is 49.1 Å². The van der Waals surface area contributed by atoms with E-state index in [0.717, 1.165) is 76.0 Å². The van der Waals surface area contributed by atoms with Crippen molar-refractivity contribution in [3.63, 3.8) is 0 Å². The summed E-state index contributed by atoms with van der Waals surface area (Å²) >= 11 is 1.38. The fourth-order valence-corrected chi connectivity index (χ4v) is 9.30. The van der Waals surface area contributed by atoms with Crippen molar-refractivity contribution in [2.24, 2.45) is 16.2 Å². The Morgan fingerprint density at radius 2 is 0.894 bits per heavy atom. The molecular formula is C62H77O3W-3. The van der Waals surface area contributed by atoms with Crippen LogP contribution >= 0.6 is 0 Å². The number of phenolic OH excluding ortho intramolecular Hbond substituents is 2. The molecule has 2 fully saturated rings. The molecular weight excluding hydrogens is 977 g/mol. The second-order valence-electron chi connectivity index (χ2n) is 23.5. The van der Waals surface area contributed by atoms with Crippen LogP contribution < -0.4 is 0 Å². The van der Waals surface area contributed by atoms with Crippen molar-refractivity contribution in [3.8, 4) is 44.9 Å². The van der Waals surface area contributed by atoms with Gasteiger partial charge in [0.05, 0.1) is 0 Å². The van der Waals surface area contributed by atoms with Crippen molar-refractivity contribution in [1.29, 1.82) is 0 Å². The maximum atomic E-state index is 11.4. The largest absolute Gasteiger partial charge is 0.552 e. The summed E-state index contributed by atoms with van der Waals surface area (Å²) in [5, 5.41) is 22.8. The number of allylic oxidation sites excluding steroid dienone is 2. The topological polar surface area (TPSA) is 49.7 Å². The van der Waals surface area contributed by atoms with E-state index in [1.54, 1.807) is 0 Å². The zero-order chi connectivity index (χ0) is 49.2. The minimum absolute atomic E-state index is 0.0264. The molecule has 1 heterocycles. The van der Waals surface area contributed by atoms with E-state index < -0.39 is 0 Å². The third-order valence-electron chi connectivity index (χ3n) is 13.8. The van der Waals surface area contributed by atoms with Gasteiger partial charge in [-0.25, -0.2) is 6.61 Å². The van der Waals surface area contributed by atoms with E-state index in [0.29, 0.717) is 22.3 Å². The summed E-state index contributed by atoms with van der Waals surface area (Å²) < 4.78 is 6.11. The first-order chi connectivity index (χ1) is 30.5. The van der Waals surface area contributed by atoms with Gasteiger partial charge in [-0.05, 0) is 38.5 Å². The molecule has 0 bridgehead atoms. The molecule has 3 nitrogen and oxygen atoms in total. The smallest absolute Gasteiger partial charge is 0.00878 e. The van der Waals surface area contributed by atoms with Crippen molar-refractivity contribution in [1.82, 2.24) is 0 Å². The summed E-state index contributed by atoms with van der Waals surface area (Å²) in [4.78, 5) is 0. The van der Waals surface area contributed by atoms with E-state index in [9.17, 15) is 10.2 Å². The minimum atomic E-state index is -0.175. The normalized spacial score (nSPS) is 15.4.